The van der Waals surface area contributed by atoms with E-state index < -0.39 is 41.9 Å². The molecule has 0 radical (unpaired) electrons. The van der Waals surface area contributed by atoms with Crippen LogP contribution in [-0.2, 0) is 47.9 Å². The number of para-hydroxylation sites is 1. The van der Waals surface area contributed by atoms with Gasteiger partial charge in [-0.25, -0.2) is 14.3 Å². The topological polar surface area (TPSA) is 161 Å². The zero-order valence-electron chi connectivity index (χ0n) is 32.2. The van der Waals surface area contributed by atoms with Crippen molar-refractivity contribution >= 4 is 25.1 Å². The number of methoxy groups -OCH3 is 1. The molecule has 284 valence electrons. The molecular formula is C37H54BN5O9. The second-order valence-electron chi connectivity index (χ2n) is 17.5. The van der Waals surface area contributed by atoms with Gasteiger partial charge in [0.25, 0.3) is 0 Å². The van der Waals surface area contributed by atoms with Gasteiger partial charge in [-0.05, 0) is 96.6 Å². The summed E-state index contributed by atoms with van der Waals surface area (Å²) < 4.78 is 37.4. The number of amides is 2. The first-order chi connectivity index (χ1) is 24.2. The number of carbonyl (C=O) groups is 3. The molecule has 2 heterocycles. The lowest BCUT2D eigenvalue weighted by Crippen LogP contribution is -2.88. The highest BCUT2D eigenvalue weighted by molar-refractivity contribution is 6.48. The SMILES string of the molecule is COc1c(C[C@H](NC(=O)Cn2cc(COCCNC(=O)OC(C)(C)C)nn2)B2O[C@@H]3CC45CC(C4)(C5(C)C)[C@]3(C)O2)cccc1C(=O)OC(C)(C)C. The van der Waals surface area contributed by atoms with Crippen LogP contribution in [0.3, 0.4) is 0 Å². The Morgan fingerprint density at radius 1 is 1.08 bits per heavy atom. The smallest absolute Gasteiger partial charge is 0.482 e. The maximum absolute atomic E-state index is 13.7. The van der Waals surface area contributed by atoms with Crippen LogP contribution in [0.4, 0.5) is 4.79 Å². The molecule has 1 saturated heterocycles. The average molecular weight is 724 g/mol. The fourth-order valence-electron chi connectivity index (χ4n) is 9.02. The van der Waals surface area contributed by atoms with E-state index in [2.05, 4.69) is 41.7 Å². The fourth-order valence-corrected chi connectivity index (χ4v) is 9.02. The van der Waals surface area contributed by atoms with Crippen LogP contribution in [0, 0.1) is 16.2 Å². The minimum atomic E-state index is -0.731. The largest absolute Gasteiger partial charge is 0.496 e. The number of hydrogen-bond donors (Lipinski definition) is 2. The highest BCUT2D eigenvalue weighted by Gasteiger charge is 2.91. The third kappa shape index (κ3) is 6.79. The summed E-state index contributed by atoms with van der Waals surface area (Å²) in [6.45, 7) is 18.3. The number of esters is 1. The van der Waals surface area contributed by atoms with Crippen LogP contribution in [0.25, 0.3) is 0 Å². The quantitative estimate of drug-likeness (QED) is 0.171. The van der Waals surface area contributed by atoms with Crippen LogP contribution in [0.5, 0.6) is 5.75 Å². The number of hydrogen-bond acceptors (Lipinski definition) is 11. The Labute approximate surface area is 306 Å². The molecule has 1 aromatic heterocycles. The molecular weight excluding hydrogens is 669 g/mol. The molecule has 2 bridgehead atoms. The van der Waals surface area contributed by atoms with E-state index in [-0.39, 0.29) is 61.0 Å². The van der Waals surface area contributed by atoms with Gasteiger partial charge in [-0.3, -0.25) is 4.79 Å². The molecule has 2 N–H and O–H groups in total. The van der Waals surface area contributed by atoms with Gasteiger partial charge in [0.05, 0.1) is 44.2 Å². The number of ether oxygens (including phenoxy) is 4. The summed E-state index contributed by atoms with van der Waals surface area (Å²) in [4.78, 5) is 38.7. The zero-order valence-corrected chi connectivity index (χ0v) is 32.2. The highest BCUT2D eigenvalue weighted by Crippen LogP contribution is 2.92. The third-order valence-corrected chi connectivity index (χ3v) is 11.7. The number of benzene rings is 1. The van der Waals surface area contributed by atoms with Gasteiger partial charge < -0.3 is 38.9 Å². The number of nitrogens with one attached hydrogen (secondary N) is 2. The highest BCUT2D eigenvalue weighted by atomic mass is 16.7. The van der Waals surface area contributed by atoms with Crippen LogP contribution in [0.1, 0.15) is 103 Å². The fraction of sp³-hybridized carbons (Fsp3) is 0.703. The van der Waals surface area contributed by atoms with Crippen molar-refractivity contribution in [2.24, 2.45) is 16.2 Å². The maximum atomic E-state index is 13.7. The lowest BCUT2D eigenvalue weighted by Gasteiger charge is -2.90. The first-order valence-corrected chi connectivity index (χ1v) is 18.2. The Bertz CT molecular complexity index is 1690. The molecule has 0 spiro atoms. The lowest BCUT2D eigenvalue weighted by molar-refractivity contribution is -0.434. The van der Waals surface area contributed by atoms with Crippen LogP contribution in [0.15, 0.2) is 24.4 Å². The first-order valence-electron chi connectivity index (χ1n) is 18.2. The minimum absolute atomic E-state index is 0.0333. The Morgan fingerprint density at radius 3 is 2.44 bits per heavy atom. The predicted octanol–water partition coefficient (Wildman–Crippen LogP) is 4.42. The molecule has 1 aromatic carbocycles. The molecule has 3 atom stereocenters. The molecule has 6 aliphatic carbocycles. The van der Waals surface area contributed by atoms with Crippen LogP contribution >= 0.6 is 0 Å². The predicted molar refractivity (Wildman–Crippen MR) is 190 cm³/mol. The van der Waals surface area contributed by atoms with E-state index in [1.165, 1.54) is 11.8 Å². The van der Waals surface area contributed by atoms with Crippen LogP contribution in [0.2, 0.25) is 0 Å². The van der Waals surface area contributed by atoms with Crippen LogP contribution in [-0.4, -0.2) is 89.2 Å². The summed E-state index contributed by atoms with van der Waals surface area (Å²) in [5.74, 6) is -1.05. The third-order valence-electron chi connectivity index (χ3n) is 11.7. The number of alkyl carbamates (subject to hydrolysis) is 1. The Balaban J connectivity index is 1.14. The van der Waals surface area contributed by atoms with Gasteiger partial charge in [-0.1, -0.05) is 31.2 Å². The van der Waals surface area contributed by atoms with Gasteiger partial charge in [-0.15, -0.1) is 5.10 Å². The second-order valence-corrected chi connectivity index (χ2v) is 17.5. The molecule has 1 aliphatic heterocycles. The molecule has 2 aromatic rings. The van der Waals surface area contributed by atoms with E-state index in [1.807, 2.05) is 26.8 Å². The van der Waals surface area contributed by atoms with E-state index in [1.54, 1.807) is 39.1 Å². The van der Waals surface area contributed by atoms with E-state index in [4.69, 9.17) is 28.3 Å². The summed E-state index contributed by atoms with van der Waals surface area (Å²) >= 11 is 0. The molecule has 9 rings (SSSR count). The lowest BCUT2D eigenvalue weighted by atomic mass is 9.15. The van der Waals surface area contributed by atoms with Crippen molar-refractivity contribution in [2.45, 2.75) is 130 Å². The van der Waals surface area contributed by atoms with Crippen LogP contribution < -0.4 is 15.4 Å². The van der Waals surface area contributed by atoms with Crippen molar-refractivity contribution < 1.29 is 42.6 Å². The summed E-state index contributed by atoms with van der Waals surface area (Å²) in [6, 6.07) is 5.33. The molecule has 0 unspecified atom stereocenters. The standard InChI is InChI=1S/C37H54BN5O9/c1-32(2,3)49-30(45)25-13-11-12-23(29(25)47-10)16-27(38-51-26-17-36-21-37(22-36,34(36,7)8)35(26,9)52-38)40-28(44)19-43-18-24(41-42-43)20-48-15-14-39-31(46)50-33(4,5)6/h11-13,18,26-27H,14-17,19-22H2,1-10H3,(H,39,46)(H,40,44)/t26-,27+,35-,36?,37?/m1/s1. The Kier molecular flexibility index (Phi) is 9.74. The molecule has 2 amide bonds. The Morgan fingerprint density at radius 2 is 1.79 bits per heavy atom. The van der Waals surface area contributed by atoms with Crippen molar-refractivity contribution in [1.82, 2.24) is 25.6 Å². The molecule has 7 fully saturated rings. The minimum Gasteiger partial charge on any atom is -0.496 e. The van der Waals surface area contributed by atoms with Crippen molar-refractivity contribution in [3.05, 3.63) is 41.2 Å². The van der Waals surface area contributed by atoms with E-state index in [9.17, 15) is 14.4 Å². The monoisotopic (exact) mass is 723 g/mol. The summed E-state index contributed by atoms with van der Waals surface area (Å²) in [7, 11) is 0.785. The summed E-state index contributed by atoms with van der Waals surface area (Å²) in [5, 5.41) is 14.0. The van der Waals surface area contributed by atoms with Crippen molar-refractivity contribution in [3.8, 4) is 5.75 Å². The van der Waals surface area contributed by atoms with Gasteiger partial charge in [0.1, 0.15) is 34.8 Å². The van der Waals surface area contributed by atoms with Gasteiger partial charge in [0.15, 0.2) is 0 Å². The maximum Gasteiger partial charge on any atom is 0.482 e. The second kappa shape index (κ2) is 13.3. The normalized spacial score (nSPS) is 27.4. The number of carbonyl (C=O) groups excluding carboxylic acids is 3. The van der Waals surface area contributed by atoms with Crippen molar-refractivity contribution in [3.63, 3.8) is 0 Å². The number of rotatable bonds is 13. The number of aromatic nitrogens is 3. The van der Waals surface area contributed by atoms with Gasteiger partial charge >= 0.3 is 19.2 Å². The van der Waals surface area contributed by atoms with E-state index >= 15 is 0 Å². The summed E-state index contributed by atoms with van der Waals surface area (Å²) in [6.07, 6.45) is 4.51. The molecule has 6 saturated carbocycles. The van der Waals surface area contributed by atoms with Crippen molar-refractivity contribution in [1.29, 1.82) is 0 Å². The zero-order chi connectivity index (χ0) is 37.9. The molecule has 15 heteroatoms. The van der Waals surface area contributed by atoms with Gasteiger partial charge in [0, 0.05) is 12.0 Å². The van der Waals surface area contributed by atoms with Gasteiger partial charge in [-0.2, -0.15) is 0 Å². The summed E-state index contributed by atoms with van der Waals surface area (Å²) in [5.41, 5.74) is 0.250. The Hall–Kier alpha value is -3.69. The first kappa shape index (κ1) is 38.1. The number of nitrogens with zero attached hydrogens (tertiary/aromatic N) is 3. The molecule has 14 nitrogen and oxygen atoms in total. The molecule has 52 heavy (non-hydrogen) atoms. The van der Waals surface area contributed by atoms with E-state index in [0.29, 0.717) is 22.6 Å². The van der Waals surface area contributed by atoms with Crippen molar-refractivity contribution in [2.75, 3.05) is 20.3 Å². The molecule has 7 aliphatic rings. The van der Waals surface area contributed by atoms with E-state index in [0.717, 1.165) is 19.3 Å². The van der Waals surface area contributed by atoms with Gasteiger partial charge in [0.2, 0.25) is 5.91 Å². The average Bonchev–Trinajstić information content (AvgIpc) is 3.61.